The molecule has 0 spiro atoms. The Labute approximate surface area is 182 Å². The minimum Gasteiger partial charge on any atom is -0.476 e. The van der Waals surface area contributed by atoms with Gasteiger partial charge in [-0.3, -0.25) is 0 Å². The van der Waals surface area contributed by atoms with Crippen molar-refractivity contribution in [1.29, 1.82) is 0 Å². The van der Waals surface area contributed by atoms with E-state index in [4.69, 9.17) is 9.47 Å². The van der Waals surface area contributed by atoms with Crippen LogP contribution in [0.3, 0.4) is 0 Å². The third kappa shape index (κ3) is 5.05. The van der Waals surface area contributed by atoms with Gasteiger partial charge in [-0.2, -0.15) is 10.2 Å². The molecule has 1 aliphatic rings. The first-order valence-corrected chi connectivity index (χ1v) is 14.5. The first-order valence-electron chi connectivity index (χ1n) is 10.8. The van der Waals surface area contributed by atoms with Gasteiger partial charge in [0.2, 0.25) is 0 Å². The number of benzene rings is 1. The number of aromatic nitrogens is 4. The zero-order valence-electron chi connectivity index (χ0n) is 18.4. The first-order chi connectivity index (χ1) is 14.8. The van der Waals surface area contributed by atoms with Gasteiger partial charge in [-0.05, 0) is 43.0 Å². The molecule has 1 fully saturated rings. The van der Waals surface area contributed by atoms with Crippen molar-refractivity contribution in [2.45, 2.75) is 57.9 Å². The van der Waals surface area contributed by atoms with Gasteiger partial charge in [-0.1, -0.05) is 25.7 Å². The Bertz CT molecular complexity index is 1060. The molecule has 0 bridgehead atoms. The topological polar surface area (TPSA) is 91.4 Å². The lowest BCUT2D eigenvalue weighted by atomic mass is 10.1. The van der Waals surface area contributed by atoms with Crippen LogP contribution in [-0.2, 0) is 16.2 Å². The number of carboxylic acids is 1. The van der Waals surface area contributed by atoms with E-state index in [2.05, 4.69) is 29.8 Å². The summed E-state index contributed by atoms with van der Waals surface area (Å²) in [5.41, 5.74) is 2.70. The van der Waals surface area contributed by atoms with Gasteiger partial charge in [0.15, 0.2) is 5.69 Å². The number of ether oxygens (including phenoxy) is 2. The molecular weight excluding hydrogens is 412 g/mol. The first kappa shape index (κ1) is 21.7. The Morgan fingerprint density at radius 2 is 2.13 bits per heavy atom. The van der Waals surface area contributed by atoms with Gasteiger partial charge in [-0.25, -0.2) is 14.2 Å². The van der Waals surface area contributed by atoms with Gasteiger partial charge in [0.05, 0.1) is 11.7 Å². The fourth-order valence-corrected chi connectivity index (χ4v) is 4.47. The van der Waals surface area contributed by atoms with E-state index in [9.17, 15) is 9.90 Å². The maximum atomic E-state index is 11.7. The molecule has 166 valence electrons. The normalized spacial score (nSPS) is 17.3. The van der Waals surface area contributed by atoms with E-state index in [1.165, 1.54) is 0 Å². The SMILES string of the molecule is C[Si](C)(C)CCOCn1nc(C(=O)O)c2ccc(-c3cnn(C4CCCCO4)c3)cc21. The molecule has 31 heavy (non-hydrogen) atoms. The van der Waals surface area contributed by atoms with Crippen LogP contribution in [0.2, 0.25) is 25.7 Å². The number of fused-ring (bicyclic) bond motifs is 1. The molecule has 1 saturated heterocycles. The molecule has 1 atom stereocenters. The second-order valence-corrected chi connectivity index (χ2v) is 14.9. The van der Waals surface area contributed by atoms with Gasteiger partial charge in [0, 0.05) is 38.4 Å². The monoisotopic (exact) mass is 442 g/mol. The summed E-state index contributed by atoms with van der Waals surface area (Å²) in [5, 5.41) is 19.0. The van der Waals surface area contributed by atoms with Crippen molar-refractivity contribution in [3.05, 3.63) is 36.3 Å². The Morgan fingerprint density at radius 1 is 1.29 bits per heavy atom. The van der Waals surface area contributed by atoms with Crippen LogP contribution in [0.5, 0.6) is 0 Å². The lowest BCUT2D eigenvalue weighted by molar-refractivity contribution is -0.0394. The second-order valence-electron chi connectivity index (χ2n) is 9.26. The Kier molecular flexibility index (Phi) is 6.26. The molecule has 3 heterocycles. The van der Waals surface area contributed by atoms with Crippen LogP contribution in [-0.4, -0.2) is 51.9 Å². The fraction of sp³-hybridized carbons (Fsp3) is 0.500. The van der Waals surface area contributed by atoms with Crippen molar-refractivity contribution in [2.24, 2.45) is 0 Å². The van der Waals surface area contributed by atoms with Crippen molar-refractivity contribution < 1.29 is 19.4 Å². The number of rotatable bonds is 8. The smallest absolute Gasteiger partial charge is 0.357 e. The lowest BCUT2D eigenvalue weighted by Crippen LogP contribution is -2.22. The molecule has 9 heteroatoms. The molecule has 1 aromatic carbocycles. The molecule has 3 aromatic rings. The van der Waals surface area contributed by atoms with E-state index < -0.39 is 14.0 Å². The summed E-state index contributed by atoms with van der Waals surface area (Å²) in [6.45, 7) is 8.54. The second kappa shape index (κ2) is 8.94. The molecule has 1 N–H and O–H groups in total. The number of aromatic carboxylic acids is 1. The zero-order chi connectivity index (χ0) is 22.0. The van der Waals surface area contributed by atoms with Crippen LogP contribution in [0, 0.1) is 0 Å². The summed E-state index contributed by atoms with van der Waals surface area (Å²) in [7, 11) is -1.20. The van der Waals surface area contributed by atoms with Crippen LogP contribution < -0.4 is 0 Å². The van der Waals surface area contributed by atoms with Gasteiger partial charge in [0.25, 0.3) is 0 Å². The molecule has 0 radical (unpaired) electrons. The quantitative estimate of drug-likeness (QED) is 0.405. The molecular formula is C22H30N4O4Si. The molecule has 4 rings (SSSR count). The Hall–Kier alpha value is -2.49. The summed E-state index contributed by atoms with van der Waals surface area (Å²) in [6.07, 6.45) is 6.99. The maximum Gasteiger partial charge on any atom is 0.357 e. The summed E-state index contributed by atoms with van der Waals surface area (Å²) >= 11 is 0. The summed E-state index contributed by atoms with van der Waals surface area (Å²) in [4.78, 5) is 11.7. The molecule has 1 aliphatic heterocycles. The van der Waals surface area contributed by atoms with Crippen LogP contribution in [0.4, 0.5) is 0 Å². The van der Waals surface area contributed by atoms with Crippen LogP contribution in [0.1, 0.15) is 36.0 Å². The average Bonchev–Trinajstić information content (AvgIpc) is 3.36. The van der Waals surface area contributed by atoms with E-state index in [-0.39, 0.29) is 18.7 Å². The third-order valence-electron chi connectivity index (χ3n) is 5.55. The van der Waals surface area contributed by atoms with E-state index in [1.807, 2.05) is 35.3 Å². The van der Waals surface area contributed by atoms with Crippen molar-refractivity contribution in [3.63, 3.8) is 0 Å². The minimum atomic E-state index is -1.20. The fourth-order valence-electron chi connectivity index (χ4n) is 3.72. The highest BCUT2D eigenvalue weighted by Crippen LogP contribution is 2.29. The number of hydrogen-bond acceptors (Lipinski definition) is 5. The van der Waals surface area contributed by atoms with Crippen molar-refractivity contribution in [3.8, 4) is 11.1 Å². The zero-order valence-corrected chi connectivity index (χ0v) is 19.4. The third-order valence-corrected chi connectivity index (χ3v) is 7.25. The van der Waals surface area contributed by atoms with Crippen molar-refractivity contribution >= 4 is 24.9 Å². The van der Waals surface area contributed by atoms with Gasteiger partial charge in [-0.15, -0.1) is 0 Å². The summed E-state index contributed by atoms with van der Waals surface area (Å²) < 4.78 is 15.2. The average molecular weight is 443 g/mol. The molecule has 0 amide bonds. The predicted molar refractivity (Wildman–Crippen MR) is 121 cm³/mol. The Morgan fingerprint density at radius 3 is 2.84 bits per heavy atom. The highest BCUT2D eigenvalue weighted by Gasteiger charge is 2.20. The number of carboxylic acid groups (broad SMARTS) is 1. The van der Waals surface area contributed by atoms with Gasteiger partial charge < -0.3 is 14.6 Å². The largest absolute Gasteiger partial charge is 0.476 e. The van der Waals surface area contributed by atoms with Crippen molar-refractivity contribution in [1.82, 2.24) is 19.6 Å². The molecule has 0 saturated carbocycles. The number of nitrogens with zero attached hydrogens (tertiary/aromatic N) is 4. The Balaban J connectivity index is 1.59. The standard InChI is InChI=1S/C22H30N4O4Si/c1-31(2,3)11-10-29-15-26-19-12-16(7-8-18(19)21(24-26)22(27)28)17-13-23-25(14-17)20-6-4-5-9-30-20/h7-8,12-14,20H,4-6,9-11,15H2,1-3H3,(H,27,28). The van der Waals surface area contributed by atoms with Gasteiger partial charge >= 0.3 is 5.97 Å². The van der Waals surface area contributed by atoms with Crippen molar-refractivity contribution in [2.75, 3.05) is 13.2 Å². The maximum absolute atomic E-state index is 11.7. The molecule has 8 nitrogen and oxygen atoms in total. The molecule has 0 aliphatic carbocycles. The minimum absolute atomic E-state index is 0.0184. The summed E-state index contributed by atoms with van der Waals surface area (Å²) in [6, 6.07) is 6.73. The van der Waals surface area contributed by atoms with E-state index >= 15 is 0 Å². The van der Waals surface area contributed by atoms with E-state index in [1.54, 1.807) is 4.68 Å². The summed E-state index contributed by atoms with van der Waals surface area (Å²) in [5.74, 6) is -1.04. The van der Waals surface area contributed by atoms with Crippen LogP contribution in [0.25, 0.3) is 22.0 Å². The molecule has 1 unspecified atom stereocenters. The number of carbonyl (C=O) groups is 1. The van der Waals surface area contributed by atoms with Crippen LogP contribution in [0.15, 0.2) is 30.6 Å². The van der Waals surface area contributed by atoms with Gasteiger partial charge in [0.1, 0.15) is 13.0 Å². The van der Waals surface area contributed by atoms with Crippen LogP contribution >= 0.6 is 0 Å². The number of hydrogen-bond donors (Lipinski definition) is 1. The van der Waals surface area contributed by atoms with E-state index in [0.717, 1.165) is 48.6 Å². The predicted octanol–water partition coefficient (Wildman–Crippen LogP) is 4.61. The highest BCUT2D eigenvalue weighted by atomic mass is 28.3. The van der Waals surface area contributed by atoms with E-state index in [0.29, 0.717) is 12.0 Å². The lowest BCUT2D eigenvalue weighted by Gasteiger charge is -2.22. The highest BCUT2D eigenvalue weighted by molar-refractivity contribution is 6.76. The molecule has 2 aromatic heterocycles.